The second kappa shape index (κ2) is 4.77. The summed E-state index contributed by atoms with van der Waals surface area (Å²) in [5.41, 5.74) is 0.999. The normalized spacial score (nSPS) is 15.3. The maximum Gasteiger partial charge on any atom is 0.242 e. The van der Waals surface area contributed by atoms with Gasteiger partial charge < -0.3 is 14.5 Å². The first-order valence-corrected chi connectivity index (χ1v) is 6.72. The molecule has 100 valence electrons. The topological polar surface area (TPSA) is 41.0 Å². The van der Waals surface area contributed by atoms with Gasteiger partial charge in [-0.1, -0.05) is 6.07 Å². The largest absolute Gasteiger partial charge is 0.341 e. The molecule has 1 saturated heterocycles. The van der Waals surface area contributed by atoms with Crippen molar-refractivity contribution in [2.24, 2.45) is 0 Å². The number of likely N-dealkylation sites (tertiary alicyclic amines) is 1. The van der Waals surface area contributed by atoms with Crippen molar-refractivity contribution in [2.45, 2.75) is 19.4 Å². The Hall–Kier alpha value is -1.69. The van der Waals surface area contributed by atoms with E-state index in [0.29, 0.717) is 15.8 Å². The highest BCUT2D eigenvalue weighted by Crippen LogP contribution is 2.18. The van der Waals surface area contributed by atoms with Gasteiger partial charge in [-0.05, 0) is 37.2 Å². The fraction of sp³-hybridized carbons (Fsp3) is 0.385. The van der Waals surface area contributed by atoms with Crippen LogP contribution < -0.4 is 0 Å². The number of hydrogen-bond acceptors (Lipinski definition) is 2. The minimum atomic E-state index is -0.351. The maximum absolute atomic E-state index is 13.6. The smallest absolute Gasteiger partial charge is 0.242 e. The van der Waals surface area contributed by atoms with Crippen molar-refractivity contribution in [2.75, 3.05) is 13.1 Å². The van der Waals surface area contributed by atoms with Gasteiger partial charge in [0.25, 0.3) is 0 Å². The van der Waals surface area contributed by atoms with E-state index < -0.39 is 0 Å². The number of nitrogens with zero attached hydrogens (tertiary/aromatic N) is 2. The van der Waals surface area contributed by atoms with Crippen LogP contribution in [-0.4, -0.2) is 33.4 Å². The van der Waals surface area contributed by atoms with Gasteiger partial charge >= 0.3 is 0 Å². The van der Waals surface area contributed by atoms with Crippen molar-refractivity contribution in [1.82, 2.24) is 14.5 Å². The molecule has 1 aliphatic rings. The molecule has 0 aliphatic carbocycles. The highest BCUT2D eigenvalue weighted by molar-refractivity contribution is 7.71. The number of carbonyl (C=O) groups is 1. The van der Waals surface area contributed by atoms with E-state index in [-0.39, 0.29) is 18.3 Å². The molecule has 1 aromatic carbocycles. The van der Waals surface area contributed by atoms with Crippen LogP contribution in [0.1, 0.15) is 12.8 Å². The van der Waals surface area contributed by atoms with Gasteiger partial charge in [0.1, 0.15) is 17.9 Å². The number of nitrogens with one attached hydrogen (secondary N) is 1. The van der Waals surface area contributed by atoms with Crippen molar-refractivity contribution in [3.05, 3.63) is 28.8 Å². The van der Waals surface area contributed by atoms with E-state index in [9.17, 15) is 9.18 Å². The van der Waals surface area contributed by atoms with Crippen LogP contribution in [-0.2, 0) is 11.3 Å². The van der Waals surface area contributed by atoms with E-state index in [1.54, 1.807) is 16.7 Å². The molecule has 1 N–H and O–H groups in total. The minimum absolute atomic E-state index is 0.0405. The van der Waals surface area contributed by atoms with Gasteiger partial charge in [-0.25, -0.2) is 4.39 Å². The molecule has 2 aromatic rings. The summed E-state index contributed by atoms with van der Waals surface area (Å²) in [5.74, 6) is -0.310. The molecule has 0 saturated carbocycles. The highest BCUT2D eigenvalue weighted by atomic mass is 32.1. The van der Waals surface area contributed by atoms with E-state index in [4.69, 9.17) is 12.2 Å². The molecular weight excluding hydrogens is 265 g/mol. The van der Waals surface area contributed by atoms with Crippen LogP contribution in [0.5, 0.6) is 0 Å². The zero-order valence-corrected chi connectivity index (χ0v) is 11.2. The summed E-state index contributed by atoms with van der Waals surface area (Å²) in [5, 5.41) is 0. The summed E-state index contributed by atoms with van der Waals surface area (Å²) in [7, 11) is 0. The number of H-pyrrole nitrogens is 1. The Balaban J connectivity index is 1.96. The first kappa shape index (κ1) is 12.3. The first-order valence-electron chi connectivity index (χ1n) is 6.31. The molecule has 0 unspecified atom stereocenters. The number of carbonyl (C=O) groups excluding carboxylic acids is 1. The first-order chi connectivity index (χ1) is 9.16. The number of amides is 1. The number of imidazole rings is 1. The van der Waals surface area contributed by atoms with E-state index in [2.05, 4.69) is 4.98 Å². The summed E-state index contributed by atoms with van der Waals surface area (Å²) >= 11 is 5.18. The van der Waals surface area contributed by atoms with Crippen LogP contribution in [0.15, 0.2) is 18.2 Å². The number of hydrogen-bond donors (Lipinski definition) is 1. The molecule has 2 heterocycles. The highest BCUT2D eigenvalue weighted by Gasteiger charge is 2.19. The van der Waals surface area contributed by atoms with Crippen LogP contribution >= 0.6 is 12.2 Å². The lowest BCUT2D eigenvalue weighted by Gasteiger charge is -2.15. The van der Waals surface area contributed by atoms with E-state index >= 15 is 0 Å². The Morgan fingerprint density at radius 3 is 2.84 bits per heavy atom. The fourth-order valence-corrected chi connectivity index (χ4v) is 2.77. The maximum atomic E-state index is 13.6. The predicted molar refractivity (Wildman–Crippen MR) is 72.9 cm³/mol. The second-order valence-corrected chi connectivity index (χ2v) is 5.12. The number of halogens is 1. The zero-order chi connectivity index (χ0) is 13.4. The van der Waals surface area contributed by atoms with E-state index in [0.717, 1.165) is 25.9 Å². The third-order valence-corrected chi connectivity index (χ3v) is 3.83. The van der Waals surface area contributed by atoms with Crippen molar-refractivity contribution < 1.29 is 9.18 Å². The van der Waals surface area contributed by atoms with Crippen LogP contribution in [0, 0.1) is 10.6 Å². The van der Waals surface area contributed by atoms with Gasteiger partial charge in [0.2, 0.25) is 5.91 Å². The number of fused-ring (bicyclic) bond motifs is 1. The van der Waals surface area contributed by atoms with Crippen LogP contribution in [0.3, 0.4) is 0 Å². The molecule has 1 fully saturated rings. The molecule has 1 aromatic heterocycles. The molecule has 0 spiro atoms. The number of rotatable bonds is 2. The number of benzene rings is 1. The molecule has 1 amide bonds. The molecule has 0 atom stereocenters. The van der Waals surface area contributed by atoms with E-state index in [1.807, 2.05) is 4.90 Å². The van der Waals surface area contributed by atoms with Crippen molar-refractivity contribution in [1.29, 1.82) is 0 Å². The van der Waals surface area contributed by atoms with E-state index in [1.165, 1.54) is 6.07 Å². The Morgan fingerprint density at radius 1 is 1.37 bits per heavy atom. The molecular formula is C13H14FN3OS. The third-order valence-electron chi connectivity index (χ3n) is 3.51. The quantitative estimate of drug-likeness (QED) is 0.858. The van der Waals surface area contributed by atoms with Crippen molar-refractivity contribution in [3.8, 4) is 0 Å². The number of aromatic nitrogens is 2. The van der Waals surface area contributed by atoms with Crippen molar-refractivity contribution >= 4 is 29.2 Å². The van der Waals surface area contributed by atoms with Crippen LogP contribution in [0.4, 0.5) is 4.39 Å². The molecule has 6 heteroatoms. The average Bonchev–Trinajstić information content (AvgIpc) is 3.00. The van der Waals surface area contributed by atoms with Gasteiger partial charge in [-0.15, -0.1) is 0 Å². The predicted octanol–water partition coefficient (Wildman–Crippen LogP) is 2.46. The Morgan fingerprint density at radius 2 is 2.11 bits per heavy atom. The lowest BCUT2D eigenvalue weighted by molar-refractivity contribution is -0.130. The fourth-order valence-electron chi connectivity index (χ4n) is 2.50. The average molecular weight is 279 g/mol. The number of aromatic amines is 1. The summed E-state index contributed by atoms with van der Waals surface area (Å²) in [6.07, 6.45) is 2.11. The SMILES string of the molecule is O=C(Cn1c(=S)[nH]c2c(F)cccc21)N1CCCC1. The lowest BCUT2D eigenvalue weighted by Crippen LogP contribution is -2.31. The number of para-hydroxylation sites is 1. The molecule has 0 bridgehead atoms. The summed E-state index contributed by atoms with van der Waals surface area (Å²) in [4.78, 5) is 16.8. The van der Waals surface area contributed by atoms with Gasteiger partial charge in [0, 0.05) is 13.1 Å². The summed E-state index contributed by atoms with van der Waals surface area (Å²) in [6.45, 7) is 1.79. The summed E-state index contributed by atoms with van der Waals surface area (Å²) < 4.78 is 15.7. The van der Waals surface area contributed by atoms with Gasteiger partial charge in [-0.2, -0.15) is 0 Å². The third kappa shape index (κ3) is 2.16. The molecule has 4 nitrogen and oxygen atoms in total. The standard InChI is InChI=1S/C13H14FN3OS/c14-9-4-3-5-10-12(9)15-13(19)17(10)8-11(18)16-6-1-2-7-16/h3-5H,1-2,6-8H2,(H,15,19). The second-order valence-electron chi connectivity index (χ2n) is 4.74. The Bertz CT molecular complexity index is 685. The summed E-state index contributed by atoms with van der Waals surface area (Å²) in [6, 6.07) is 4.76. The molecule has 1 aliphatic heterocycles. The minimum Gasteiger partial charge on any atom is -0.341 e. The Labute approximate surface area is 114 Å². The van der Waals surface area contributed by atoms with Crippen molar-refractivity contribution in [3.63, 3.8) is 0 Å². The Kier molecular flexibility index (Phi) is 3.10. The molecule has 0 radical (unpaired) electrons. The molecule has 19 heavy (non-hydrogen) atoms. The van der Waals surface area contributed by atoms with Crippen LogP contribution in [0.2, 0.25) is 0 Å². The molecule has 3 rings (SSSR count). The van der Waals surface area contributed by atoms with Crippen LogP contribution in [0.25, 0.3) is 11.0 Å². The van der Waals surface area contributed by atoms with Gasteiger partial charge in [0.15, 0.2) is 4.77 Å². The van der Waals surface area contributed by atoms with Gasteiger partial charge in [0.05, 0.1) is 5.52 Å². The van der Waals surface area contributed by atoms with Gasteiger partial charge in [-0.3, -0.25) is 4.79 Å². The lowest BCUT2D eigenvalue weighted by atomic mass is 10.3. The zero-order valence-electron chi connectivity index (χ0n) is 10.4. The monoisotopic (exact) mass is 279 g/mol.